The van der Waals surface area contributed by atoms with Gasteiger partial charge < -0.3 is 15.3 Å². The van der Waals surface area contributed by atoms with E-state index < -0.39 is 12.1 Å². The molecule has 0 heterocycles. The highest BCUT2D eigenvalue weighted by Gasteiger charge is 2.01. The van der Waals surface area contributed by atoms with Crippen molar-refractivity contribution in [3.05, 3.63) is 48.6 Å². The fourth-order valence-electron chi connectivity index (χ4n) is 1.90. The lowest BCUT2D eigenvalue weighted by Crippen LogP contribution is -2.03. The number of aliphatic hydroxyl groups excluding tert-OH is 2. The fourth-order valence-corrected chi connectivity index (χ4v) is 1.90. The van der Waals surface area contributed by atoms with Crippen molar-refractivity contribution in [3.8, 4) is 0 Å². The van der Waals surface area contributed by atoms with Crippen LogP contribution in [0.3, 0.4) is 0 Å². The molecule has 0 aliphatic rings. The highest BCUT2D eigenvalue weighted by atomic mass is 16.4. The Labute approximate surface area is 139 Å². The van der Waals surface area contributed by atoms with Gasteiger partial charge in [0.25, 0.3) is 0 Å². The molecule has 130 valence electrons. The normalized spacial score (nSPS) is 15.3. The third-order valence-corrected chi connectivity index (χ3v) is 3.22. The van der Waals surface area contributed by atoms with Crippen LogP contribution in [0.1, 0.15) is 51.9 Å². The zero-order chi connectivity index (χ0) is 17.3. The molecule has 0 aliphatic heterocycles. The minimum absolute atomic E-state index is 0.0834. The van der Waals surface area contributed by atoms with Crippen LogP contribution in [0.4, 0.5) is 0 Å². The number of carboxylic acids is 1. The first kappa shape index (κ1) is 21.4. The van der Waals surface area contributed by atoms with Crippen molar-refractivity contribution < 1.29 is 20.1 Å². The van der Waals surface area contributed by atoms with E-state index in [0.29, 0.717) is 12.8 Å². The molecule has 4 heteroatoms. The summed E-state index contributed by atoms with van der Waals surface area (Å²) in [5.74, 6) is -0.838. The Hall–Kier alpha value is -1.65. The Morgan fingerprint density at radius 3 is 1.78 bits per heavy atom. The van der Waals surface area contributed by atoms with Crippen LogP contribution in [-0.2, 0) is 4.79 Å². The summed E-state index contributed by atoms with van der Waals surface area (Å²) in [4.78, 5) is 10.3. The Morgan fingerprint density at radius 2 is 1.30 bits per heavy atom. The highest BCUT2D eigenvalue weighted by molar-refractivity contribution is 5.66. The summed E-state index contributed by atoms with van der Waals surface area (Å²) < 4.78 is 0. The van der Waals surface area contributed by atoms with E-state index in [1.165, 1.54) is 0 Å². The van der Waals surface area contributed by atoms with E-state index >= 15 is 0 Å². The van der Waals surface area contributed by atoms with Crippen molar-refractivity contribution in [2.45, 2.75) is 64.1 Å². The van der Waals surface area contributed by atoms with Gasteiger partial charge in [0.15, 0.2) is 0 Å². The third-order valence-electron chi connectivity index (χ3n) is 3.22. The highest BCUT2D eigenvalue weighted by Crippen LogP contribution is 2.04. The number of hydrogen-bond donors (Lipinski definition) is 3. The number of hydrogen-bond acceptors (Lipinski definition) is 3. The van der Waals surface area contributed by atoms with Gasteiger partial charge in [0.1, 0.15) is 0 Å². The maximum atomic E-state index is 10.3. The maximum absolute atomic E-state index is 10.3. The zero-order valence-electron chi connectivity index (χ0n) is 14.0. The standard InChI is InChI=1S/C19H30O4/c1-2-3-8-12-17(20)13-9-6-4-5-7-10-14-18(21)15-11-16-19(22)23/h4-7,9-10,13-14,17-18,20-21H,2-3,8,11-12,15-16H2,1H3,(H,22,23). The summed E-state index contributed by atoms with van der Waals surface area (Å²) in [6.45, 7) is 2.14. The summed E-state index contributed by atoms with van der Waals surface area (Å²) >= 11 is 0. The Morgan fingerprint density at radius 1 is 0.826 bits per heavy atom. The smallest absolute Gasteiger partial charge is 0.303 e. The first-order chi connectivity index (χ1) is 11.1. The molecule has 0 bridgehead atoms. The lowest BCUT2D eigenvalue weighted by atomic mass is 10.1. The molecular formula is C19H30O4. The van der Waals surface area contributed by atoms with Gasteiger partial charge in [-0.2, -0.15) is 0 Å². The molecule has 0 aromatic heterocycles. The Bertz CT molecular complexity index is 408. The summed E-state index contributed by atoms with van der Waals surface area (Å²) in [5.41, 5.74) is 0. The molecule has 0 rings (SSSR count). The molecule has 0 amide bonds. The van der Waals surface area contributed by atoms with Gasteiger partial charge in [-0.25, -0.2) is 0 Å². The average Bonchev–Trinajstić information content (AvgIpc) is 2.49. The molecule has 0 radical (unpaired) electrons. The summed E-state index contributed by atoms with van der Waals surface area (Å²) in [7, 11) is 0. The molecule has 2 unspecified atom stereocenters. The number of rotatable bonds is 13. The first-order valence-corrected chi connectivity index (χ1v) is 8.32. The van der Waals surface area contributed by atoms with Crippen molar-refractivity contribution in [2.24, 2.45) is 0 Å². The molecule has 2 atom stereocenters. The quantitative estimate of drug-likeness (QED) is 0.356. The van der Waals surface area contributed by atoms with Gasteiger partial charge >= 0.3 is 5.97 Å². The third kappa shape index (κ3) is 16.5. The van der Waals surface area contributed by atoms with Crippen LogP contribution in [0, 0.1) is 0 Å². The molecule has 0 saturated heterocycles. The van der Waals surface area contributed by atoms with E-state index in [1.54, 1.807) is 24.3 Å². The second kappa shape index (κ2) is 15.3. The molecule has 0 fully saturated rings. The van der Waals surface area contributed by atoms with Crippen molar-refractivity contribution in [1.29, 1.82) is 0 Å². The number of aliphatic hydroxyl groups is 2. The van der Waals surface area contributed by atoms with E-state index in [2.05, 4.69) is 6.92 Å². The Balaban J connectivity index is 3.82. The molecule has 0 aromatic rings. The number of allylic oxidation sites excluding steroid dienone is 6. The molecular weight excluding hydrogens is 292 g/mol. The topological polar surface area (TPSA) is 77.8 Å². The lowest BCUT2D eigenvalue weighted by Gasteiger charge is -2.02. The maximum Gasteiger partial charge on any atom is 0.303 e. The molecule has 0 spiro atoms. The van der Waals surface area contributed by atoms with E-state index in [0.717, 1.165) is 25.7 Å². The van der Waals surface area contributed by atoms with Crippen LogP contribution < -0.4 is 0 Å². The first-order valence-electron chi connectivity index (χ1n) is 8.32. The minimum Gasteiger partial charge on any atom is -0.481 e. The van der Waals surface area contributed by atoms with Gasteiger partial charge in [-0.15, -0.1) is 0 Å². The number of carboxylic acid groups (broad SMARTS) is 1. The molecule has 0 aromatic carbocycles. The number of carbonyl (C=O) groups is 1. The minimum atomic E-state index is -0.838. The SMILES string of the molecule is CCCCCC(O)C=CC=CC=CC=CC(O)CCCC(=O)O. The predicted molar refractivity (Wildman–Crippen MR) is 94.2 cm³/mol. The van der Waals surface area contributed by atoms with Gasteiger partial charge in [-0.1, -0.05) is 74.8 Å². The zero-order valence-corrected chi connectivity index (χ0v) is 14.0. The van der Waals surface area contributed by atoms with Gasteiger partial charge in [-0.05, 0) is 19.3 Å². The molecule has 0 saturated carbocycles. The van der Waals surface area contributed by atoms with E-state index in [-0.39, 0.29) is 12.5 Å². The molecule has 0 aliphatic carbocycles. The molecule has 4 nitrogen and oxygen atoms in total. The largest absolute Gasteiger partial charge is 0.481 e. The van der Waals surface area contributed by atoms with Crippen LogP contribution in [0.5, 0.6) is 0 Å². The number of unbranched alkanes of at least 4 members (excludes halogenated alkanes) is 2. The molecule has 3 N–H and O–H groups in total. The van der Waals surface area contributed by atoms with Crippen molar-refractivity contribution in [3.63, 3.8) is 0 Å². The van der Waals surface area contributed by atoms with E-state index in [4.69, 9.17) is 5.11 Å². The second-order valence-electron chi connectivity index (χ2n) is 5.46. The average molecular weight is 322 g/mol. The lowest BCUT2D eigenvalue weighted by molar-refractivity contribution is -0.137. The van der Waals surface area contributed by atoms with Crippen LogP contribution in [0.25, 0.3) is 0 Å². The van der Waals surface area contributed by atoms with Gasteiger partial charge in [0, 0.05) is 6.42 Å². The van der Waals surface area contributed by atoms with Gasteiger partial charge in [-0.3, -0.25) is 4.79 Å². The van der Waals surface area contributed by atoms with Crippen molar-refractivity contribution >= 4 is 5.97 Å². The Kier molecular flexibility index (Phi) is 14.2. The summed E-state index contributed by atoms with van der Waals surface area (Å²) in [6.07, 6.45) is 18.5. The van der Waals surface area contributed by atoms with Crippen molar-refractivity contribution in [1.82, 2.24) is 0 Å². The summed E-state index contributed by atoms with van der Waals surface area (Å²) in [6, 6.07) is 0. The van der Waals surface area contributed by atoms with Gasteiger partial charge in [0.2, 0.25) is 0 Å². The molecule has 23 heavy (non-hydrogen) atoms. The van der Waals surface area contributed by atoms with Crippen LogP contribution >= 0.6 is 0 Å². The van der Waals surface area contributed by atoms with E-state index in [1.807, 2.05) is 24.3 Å². The van der Waals surface area contributed by atoms with Crippen molar-refractivity contribution in [2.75, 3.05) is 0 Å². The van der Waals surface area contributed by atoms with Crippen LogP contribution in [-0.4, -0.2) is 33.5 Å². The van der Waals surface area contributed by atoms with E-state index in [9.17, 15) is 15.0 Å². The van der Waals surface area contributed by atoms with Gasteiger partial charge in [0.05, 0.1) is 12.2 Å². The van der Waals surface area contributed by atoms with Crippen LogP contribution in [0.15, 0.2) is 48.6 Å². The fraction of sp³-hybridized carbons (Fsp3) is 0.526. The van der Waals surface area contributed by atoms with Crippen LogP contribution in [0.2, 0.25) is 0 Å². The monoisotopic (exact) mass is 322 g/mol. The second-order valence-corrected chi connectivity index (χ2v) is 5.46. The predicted octanol–water partition coefficient (Wildman–Crippen LogP) is 3.77. The number of aliphatic carboxylic acids is 1. The summed E-state index contributed by atoms with van der Waals surface area (Å²) in [5, 5.41) is 27.7.